The molecule has 0 saturated carbocycles. The summed E-state index contributed by atoms with van der Waals surface area (Å²) in [7, 11) is -3.75. The SMILES string of the molecule is Cc1c(C)c(O)n(CCOCCO)c(=O)c1N=Nc1ccc(S(=O)(=O)NC(C)(C)CC(C)(C)C)cc1. The minimum absolute atomic E-state index is 0.0496. The zero-order valence-corrected chi connectivity index (χ0v) is 22.9. The molecule has 0 bridgehead atoms. The quantitative estimate of drug-likeness (QED) is 0.300. The first-order chi connectivity index (χ1) is 16.6. The van der Waals surface area contributed by atoms with Crippen LogP contribution in [0, 0.1) is 19.3 Å². The Kier molecular flexibility index (Phi) is 9.58. The Hall–Kier alpha value is -2.60. The Morgan fingerprint density at radius 2 is 1.61 bits per heavy atom. The number of rotatable bonds is 11. The van der Waals surface area contributed by atoms with E-state index in [1.54, 1.807) is 13.8 Å². The third kappa shape index (κ3) is 7.95. The highest BCUT2D eigenvalue weighted by Crippen LogP contribution is 2.29. The van der Waals surface area contributed by atoms with Gasteiger partial charge >= 0.3 is 0 Å². The molecular formula is C25H38N4O6S. The van der Waals surface area contributed by atoms with Crippen molar-refractivity contribution in [1.82, 2.24) is 9.29 Å². The summed E-state index contributed by atoms with van der Waals surface area (Å²) in [6, 6.07) is 5.91. The second kappa shape index (κ2) is 11.6. The summed E-state index contributed by atoms with van der Waals surface area (Å²) in [6.07, 6.45) is 0.655. The summed E-state index contributed by atoms with van der Waals surface area (Å²) in [5, 5.41) is 27.4. The first-order valence-electron chi connectivity index (χ1n) is 11.8. The van der Waals surface area contributed by atoms with Gasteiger partial charge in [0.05, 0.1) is 36.9 Å². The molecule has 3 N–H and O–H groups in total. The maximum atomic E-state index is 12.9. The maximum Gasteiger partial charge on any atom is 0.281 e. The number of nitrogens with one attached hydrogen (secondary N) is 1. The van der Waals surface area contributed by atoms with E-state index in [-0.39, 0.29) is 48.2 Å². The van der Waals surface area contributed by atoms with Crippen LogP contribution < -0.4 is 10.3 Å². The van der Waals surface area contributed by atoms with Crippen LogP contribution in [0.25, 0.3) is 0 Å². The van der Waals surface area contributed by atoms with Crippen molar-refractivity contribution in [3.05, 3.63) is 45.7 Å². The van der Waals surface area contributed by atoms with E-state index in [9.17, 15) is 18.3 Å². The number of nitrogens with zero attached hydrogens (tertiary/aromatic N) is 3. The molecule has 0 fully saturated rings. The molecule has 0 saturated heterocycles. The van der Waals surface area contributed by atoms with E-state index in [2.05, 4.69) is 35.7 Å². The van der Waals surface area contributed by atoms with E-state index in [0.29, 0.717) is 23.2 Å². The molecule has 1 heterocycles. The number of hydrogen-bond acceptors (Lipinski definition) is 8. The van der Waals surface area contributed by atoms with Gasteiger partial charge in [-0.15, -0.1) is 5.11 Å². The van der Waals surface area contributed by atoms with Gasteiger partial charge in [0.25, 0.3) is 5.56 Å². The van der Waals surface area contributed by atoms with Crippen LogP contribution in [0.3, 0.4) is 0 Å². The number of aromatic hydroxyl groups is 1. The molecule has 2 rings (SSSR count). The van der Waals surface area contributed by atoms with Gasteiger partial charge < -0.3 is 14.9 Å². The largest absolute Gasteiger partial charge is 0.494 e. The van der Waals surface area contributed by atoms with Gasteiger partial charge in [-0.3, -0.25) is 9.36 Å². The normalized spacial score (nSPS) is 13.0. The molecule has 0 aliphatic rings. The number of benzene rings is 1. The first-order valence-corrected chi connectivity index (χ1v) is 13.2. The number of aliphatic hydroxyl groups is 1. The minimum Gasteiger partial charge on any atom is -0.494 e. The number of pyridine rings is 1. The number of hydrogen-bond donors (Lipinski definition) is 3. The van der Waals surface area contributed by atoms with Gasteiger partial charge in [-0.1, -0.05) is 20.8 Å². The third-order valence-electron chi connectivity index (χ3n) is 5.45. The van der Waals surface area contributed by atoms with Gasteiger partial charge in [0.1, 0.15) is 0 Å². The summed E-state index contributed by atoms with van der Waals surface area (Å²) in [5.74, 6) is -0.180. The van der Waals surface area contributed by atoms with Crippen molar-refractivity contribution in [1.29, 1.82) is 0 Å². The Morgan fingerprint density at radius 3 is 2.17 bits per heavy atom. The Labute approximate surface area is 213 Å². The summed E-state index contributed by atoms with van der Waals surface area (Å²) in [5.41, 5.74) is 0.185. The molecule has 2 aromatic rings. The van der Waals surface area contributed by atoms with Crippen LogP contribution in [0.4, 0.5) is 11.4 Å². The third-order valence-corrected chi connectivity index (χ3v) is 7.16. The second-order valence-corrected chi connectivity index (χ2v) is 12.3. The van der Waals surface area contributed by atoms with Gasteiger partial charge in [0, 0.05) is 11.1 Å². The van der Waals surface area contributed by atoms with E-state index in [1.807, 2.05) is 13.8 Å². The molecule has 0 spiro atoms. The lowest BCUT2D eigenvalue weighted by atomic mass is 9.82. The fourth-order valence-electron chi connectivity index (χ4n) is 4.16. The summed E-state index contributed by atoms with van der Waals surface area (Å²) >= 11 is 0. The molecule has 0 atom stereocenters. The van der Waals surface area contributed by atoms with Gasteiger partial charge in [0.2, 0.25) is 10.0 Å². The van der Waals surface area contributed by atoms with Crippen LogP contribution >= 0.6 is 0 Å². The number of aromatic nitrogens is 1. The molecule has 0 amide bonds. The molecule has 200 valence electrons. The molecule has 1 aromatic heterocycles. The Balaban J connectivity index is 2.27. The van der Waals surface area contributed by atoms with Crippen LogP contribution in [0.5, 0.6) is 5.88 Å². The molecule has 0 aliphatic heterocycles. The van der Waals surface area contributed by atoms with E-state index < -0.39 is 21.1 Å². The van der Waals surface area contributed by atoms with Crippen LogP contribution in [-0.4, -0.2) is 48.6 Å². The van der Waals surface area contributed by atoms with Crippen LogP contribution in [0.15, 0.2) is 44.2 Å². The molecule has 0 radical (unpaired) electrons. The lowest BCUT2D eigenvalue weighted by molar-refractivity contribution is 0.0853. The average molecular weight is 523 g/mol. The summed E-state index contributed by atoms with van der Waals surface area (Å²) in [6.45, 7) is 13.4. The lowest BCUT2D eigenvalue weighted by Crippen LogP contribution is -2.45. The highest BCUT2D eigenvalue weighted by atomic mass is 32.2. The van der Waals surface area contributed by atoms with Crippen molar-refractivity contribution in [3.63, 3.8) is 0 Å². The monoisotopic (exact) mass is 522 g/mol. The highest BCUT2D eigenvalue weighted by Gasteiger charge is 2.30. The smallest absolute Gasteiger partial charge is 0.281 e. The number of azo groups is 1. The van der Waals surface area contributed by atoms with E-state index in [1.165, 1.54) is 24.3 Å². The summed E-state index contributed by atoms with van der Waals surface area (Å²) in [4.78, 5) is 13.0. The predicted molar refractivity (Wildman–Crippen MR) is 139 cm³/mol. The fourth-order valence-corrected chi connectivity index (χ4v) is 5.58. The highest BCUT2D eigenvalue weighted by molar-refractivity contribution is 7.89. The first kappa shape index (κ1) is 29.6. The number of aliphatic hydroxyl groups excluding tert-OH is 1. The average Bonchev–Trinajstić information content (AvgIpc) is 2.75. The van der Waals surface area contributed by atoms with Crippen molar-refractivity contribution in [2.24, 2.45) is 15.6 Å². The fraction of sp³-hybridized carbons (Fsp3) is 0.560. The zero-order valence-electron chi connectivity index (χ0n) is 22.1. The lowest BCUT2D eigenvalue weighted by Gasteiger charge is -2.32. The van der Waals surface area contributed by atoms with Crippen molar-refractivity contribution in [3.8, 4) is 5.88 Å². The van der Waals surface area contributed by atoms with Crippen molar-refractivity contribution < 1.29 is 23.4 Å². The van der Waals surface area contributed by atoms with E-state index in [0.717, 1.165) is 4.57 Å². The molecule has 0 aliphatic carbocycles. The van der Waals surface area contributed by atoms with Crippen molar-refractivity contribution in [2.75, 3.05) is 19.8 Å². The standard InChI is InChI=1S/C25H38N4O6S/c1-17-18(2)22(31)29(12-14-35-15-13-30)23(32)21(17)27-26-19-8-10-20(11-9-19)36(33,34)28-25(6,7)16-24(3,4)5/h8-11,28,30-31H,12-16H2,1-7H3. The van der Waals surface area contributed by atoms with Gasteiger partial charge in [-0.25, -0.2) is 13.1 Å². The van der Waals surface area contributed by atoms with Crippen molar-refractivity contribution in [2.45, 2.75) is 71.9 Å². The predicted octanol–water partition coefficient (Wildman–Crippen LogP) is 4.09. The van der Waals surface area contributed by atoms with Gasteiger partial charge in [-0.05, 0) is 69.4 Å². The Bertz CT molecular complexity index is 1240. The topological polar surface area (TPSA) is 143 Å². The van der Waals surface area contributed by atoms with Gasteiger partial charge in [-0.2, -0.15) is 5.11 Å². The second-order valence-electron chi connectivity index (χ2n) is 10.6. The number of ether oxygens (including phenoxy) is 1. The maximum absolute atomic E-state index is 12.9. The van der Waals surface area contributed by atoms with E-state index in [4.69, 9.17) is 9.84 Å². The van der Waals surface area contributed by atoms with Gasteiger partial charge in [0.15, 0.2) is 11.6 Å². The molecule has 36 heavy (non-hydrogen) atoms. The zero-order chi connectivity index (χ0) is 27.3. The molecule has 1 aromatic carbocycles. The molecule has 0 unspecified atom stereocenters. The summed E-state index contributed by atoms with van der Waals surface area (Å²) < 4.78 is 34.9. The molecule has 11 heteroatoms. The molecule has 10 nitrogen and oxygen atoms in total. The number of sulfonamides is 1. The van der Waals surface area contributed by atoms with E-state index >= 15 is 0 Å². The van der Waals surface area contributed by atoms with Crippen molar-refractivity contribution >= 4 is 21.4 Å². The van der Waals surface area contributed by atoms with Crippen LogP contribution in [0.2, 0.25) is 0 Å². The minimum atomic E-state index is -3.75. The van der Waals surface area contributed by atoms with Crippen LogP contribution in [0.1, 0.15) is 52.2 Å². The molecular weight excluding hydrogens is 484 g/mol. The van der Waals surface area contributed by atoms with Crippen LogP contribution in [-0.2, 0) is 21.3 Å². The Morgan fingerprint density at radius 1 is 1.00 bits per heavy atom.